The molecule has 1 unspecified atom stereocenters. The van der Waals surface area contributed by atoms with Crippen molar-refractivity contribution in [3.8, 4) is 5.75 Å². The number of likely N-dealkylation sites (N-methyl/N-ethyl adjacent to an activating group) is 1. The highest BCUT2D eigenvalue weighted by molar-refractivity contribution is 5.76. The van der Waals surface area contributed by atoms with E-state index in [9.17, 15) is 4.79 Å². The Hall–Kier alpha value is -1.55. The zero-order valence-electron chi connectivity index (χ0n) is 13.8. The fraction of sp³-hybridized carbons (Fsp3) is 0.611. The lowest BCUT2D eigenvalue weighted by atomic mass is 10.1. The molecule has 0 radical (unpaired) electrons. The van der Waals surface area contributed by atoms with Crippen molar-refractivity contribution in [1.82, 2.24) is 10.2 Å². The standard InChI is InChI=1S/C18H28N2O2/c1-20(16-12-13-19-14-16)18(21)7-5-3-4-6-15-8-10-17(22-2)11-9-15/h8-11,16,19H,3-7,12-14H2,1-2H3. The van der Waals surface area contributed by atoms with Crippen LogP contribution in [-0.4, -0.2) is 44.1 Å². The molecule has 0 bridgehead atoms. The van der Waals surface area contributed by atoms with Gasteiger partial charge < -0.3 is 15.0 Å². The predicted molar refractivity (Wildman–Crippen MR) is 89.2 cm³/mol. The molecule has 0 saturated carbocycles. The number of carbonyl (C=O) groups excluding carboxylic acids is 1. The van der Waals surface area contributed by atoms with E-state index >= 15 is 0 Å². The molecule has 122 valence electrons. The van der Waals surface area contributed by atoms with Gasteiger partial charge in [-0.3, -0.25) is 4.79 Å². The zero-order valence-corrected chi connectivity index (χ0v) is 13.8. The average Bonchev–Trinajstić information content (AvgIpc) is 3.08. The van der Waals surface area contributed by atoms with E-state index in [1.807, 2.05) is 24.1 Å². The Morgan fingerprint density at radius 3 is 2.68 bits per heavy atom. The Balaban J connectivity index is 1.59. The highest BCUT2D eigenvalue weighted by Crippen LogP contribution is 2.15. The van der Waals surface area contributed by atoms with E-state index in [1.165, 1.54) is 5.56 Å². The predicted octanol–water partition coefficient (Wildman–Crippen LogP) is 2.62. The number of carbonyl (C=O) groups is 1. The molecule has 1 amide bonds. The zero-order chi connectivity index (χ0) is 15.8. The first-order valence-corrected chi connectivity index (χ1v) is 8.30. The second kappa shape index (κ2) is 8.79. The fourth-order valence-electron chi connectivity index (χ4n) is 2.92. The molecule has 0 spiro atoms. The van der Waals surface area contributed by atoms with Crippen LogP contribution in [0.3, 0.4) is 0 Å². The van der Waals surface area contributed by atoms with Crippen LogP contribution >= 0.6 is 0 Å². The van der Waals surface area contributed by atoms with Gasteiger partial charge in [-0.15, -0.1) is 0 Å². The number of benzene rings is 1. The van der Waals surface area contributed by atoms with E-state index in [-0.39, 0.29) is 5.91 Å². The molecule has 4 nitrogen and oxygen atoms in total. The van der Waals surface area contributed by atoms with E-state index in [1.54, 1.807) is 7.11 Å². The van der Waals surface area contributed by atoms with Gasteiger partial charge in [0.15, 0.2) is 0 Å². The molecule has 2 rings (SSSR count). The summed E-state index contributed by atoms with van der Waals surface area (Å²) in [6.45, 7) is 1.98. The number of aryl methyl sites for hydroxylation is 1. The largest absolute Gasteiger partial charge is 0.497 e. The highest BCUT2D eigenvalue weighted by Gasteiger charge is 2.22. The number of ether oxygens (including phenoxy) is 1. The summed E-state index contributed by atoms with van der Waals surface area (Å²) in [6.07, 6.45) is 6.05. The molecule has 1 aliphatic heterocycles. The Morgan fingerprint density at radius 1 is 1.27 bits per heavy atom. The number of nitrogens with zero attached hydrogens (tertiary/aromatic N) is 1. The number of amides is 1. The van der Waals surface area contributed by atoms with Gasteiger partial charge in [-0.1, -0.05) is 18.6 Å². The molecule has 1 fully saturated rings. The van der Waals surface area contributed by atoms with Gasteiger partial charge >= 0.3 is 0 Å². The van der Waals surface area contributed by atoms with Crippen molar-refractivity contribution in [1.29, 1.82) is 0 Å². The maximum absolute atomic E-state index is 12.1. The summed E-state index contributed by atoms with van der Waals surface area (Å²) in [4.78, 5) is 14.1. The van der Waals surface area contributed by atoms with E-state index < -0.39 is 0 Å². The maximum atomic E-state index is 12.1. The van der Waals surface area contributed by atoms with Crippen LogP contribution in [0.2, 0.25) is 0 Å². The number of methoxy groups -OCH3 is 1. The highest BCUT2D eigenvalue weighted by atomic mass is 16.5. The first-order chi connectivity index (χ1) is 10.7. The van der Waals surface area contributed by atoms with Crippen molar-refractivity contribution in [3.63, 3.8) is 0 Å². The smallest absolute Gasteiger partial charge is 0.222 e. The van der Waals surface area contributed by atoms with Crippen LogP contribution in [0.4, 0.5) is 0 Å². The van der Waals surface area contributed by atoms with Crippen LogP contribution < -0.4 is 10.1 Å². The van der Waals surface area contributed by atoms with Gasteiger partial charge in [-0.25, -0.2) is 0 Å². The van der Waals surface area contributed by atoms with Crippen molar-refractivity contribution >= 4 is 5.91 Å². The van der Waals surface area contributed by atoms with Crippen molar-refractivity contribution in [2.75, 3.05) is 27.2 Å². The minimum absolute atomic E-state index is 0.290. The molecule has 22 heavy (non-hydrogen) atoms. The molecule has 4 heteroatoms. The molecule has 1 heterocycles. The topological polar surface area (TPSA) is 41.6 Å². The van der Waals surface area contributed by atoms with Crippen LogP contribution in [0.15, 0.2) is 24.3 Å². The van der Waals surface area contributed by atoms with Crippen LogP contribution in [0, 0.1) is 0 Å². The second-order valence-corrected chi connectivity index (χ2v) is 6.06. The summed E-state index contributed by atoms with van der Waals surface area (Å²) >= 11 is 0. The summed E-state index contributed by atoms with van der Waals surface area (Å²) in [5.74, 6) is 1.19. The summed E-state index contributed by atoms with van der Waals surface area (Å²) < 4.78 is 5.16. The molecule has 1 N–H and O–H groups in total. The average molecular weight is 304 g/mol. The third-order valence-electron chi connectivity index (χ3n) is 4.49. The number of unbranched alkanes of at least 4 members (excludes halogenated alkanes) is 2. The molecule has 1 aromatic rings. The first kappa shape index (κ1) is 16.8. The minimum Gasteiger partial charge on any atom is -0.497 e. The van der Waals surface area contributed by atoms with Crippen molar-refractivity contribution < 1.29 is 9.53 Å². The van der Waals surface area contributed by atoms with Crippen molar-refractivity contribution in [2.24, 2.45) is 0 Å². The maximum Gasteiger partial charge on any atom is 0.222 e. The quantitative estimate of drug-likeness (QED) is 0.751. The number of rotatable bonds is 8. The van der Waals surface area contributed by atoms with Gasteiger partial charge in [0, 0.05) is 26.1 Å². The van der Waals surface area contributed by atoms with Crippen molar-refractivity contribution in [3.05, 3.63) is 29.8 Å². The third-order valence-corrected chi connectivity index (χ3v) is 4.49. The Morgan fingerprint density at radius 2 is 2.05 bits per heavy atom. The lowest BCUT2D eigenvalue weighted by molar-refractivity contribution is -0.131. The third kappa shape index (κ3) is 5.02. The Labute approximate surface area is 133 Å². The van der Waals surface area contributed by atoms with Gasteiger partial charge in [0.25, 0.3) is 0 Å². The lowest BCUT2D eigenvalue weighted by Crippen LogP contribution is -2.38. The van der Waals surface area contributed by atoms with Crippen LogP contribution in [-0.2, 0) is 11.2 Å². The molecule has 0 aliphatic carbocycles. The molecule has 0 aromatic heterocycles. The first-order valence-electron chi connectivity index (χ1n) is 8.30. The van der Waals surface area contributed by atoms with Crippen LogP contribution in [0.1, 0.15) is 37.7 Å². The van der Waals surface area contributed by atoms with E-state index in [2.05, 4.69) is 17.4 Å². The summed E-state index contributed by atoms with van der Waals surface area (Å²) in [7, 11) is 3.63. The van der Waals surface area contributed by atoms with Gasteiger partial charge in [0.2, 0.25) is 5.91 Å². The second-order valence-electron chi connectivity index (χ2n) is 6.06. The van der Waals surface area contributed by atoms with Gasteiger partial charge in [-0.2, -0.15) is 0 Å². The number of hydrogen-bond donors (Lipinski definition) is 1. The van der Waals surface area contributed by atoms with Gasteiger partial charge in [0.05, 0.1) is 7.11 Å². The molecular formula is C18H28N2O2. The Bertz CT molecular complexity index is 453. The SMILES string of the molecule is COc1ccc(CCCCCC(=O)N(C)C2CCNC2)cc1. The summed E-state index contributed by atoms with van der Waals surface area (Å²) in [6, 6.07) is 8.63. The molecule has 1 aromatic carbocycles. The monoisotopic (exact) mass is 304 g/mol. The lowest BCUT2D eigenvalue weighted by Gasteiger charge is -2.23. The fourth-order valence-corrected chi connectivity index (χ4v) is 2.92. The number of nitrogens with one attached hydrogen (secondary N) is 1. The van der Waals surface area contributed by atoms with E-state index in [4.69, 9.17) is 4.74 Å². The van der Waals surface area contributed by atoms with Crippen LogP contribution in [0.5, 0.6) is 5.75 Å². The van der Waals surface area contributed by atoms with E-state index in [0.29, 0.717) is 12.5 Å². The van der Waals surface area contributed by atoms with E-state index in [0.717, 1.165) is 50.9 Å². The molecular weight excluding hydrogens is 276 g/mol. The summed E-state index contributed by atoms with van der Waals surface area (Å²) in [5, 5.41) is 3.31. The normalized spacial score (nSPS) is 17.5. The van der Waals surface area contributed by atoms with Crippen LogP contribution in [0.25, 0.3) is 0 Å². The molecule has 1 atom stereocenters. The molecule has 1 saturated heterocycles. The summed E-state index contributed by atoms with van der Waals surface area (Å²) in [5.41, 5.74) is 1.33. The Kier molecular flexibility index (Phi) is 6.72. The van der Waals surface area contributed by atoms with Crippen molar-refractivity contribution in [2.45, 2.75) is 44.6 Å². The van der Waals surface area contributed by atoms with Gasteiger partial charge in [-0.05, 0) is 49.9 Å². The minimum atomic E-state index is 0.290. The number of hydrogen-bond acceptors (Lipinski definition) is 3. The molecule has 1 aliphatic rings. The van der Waals surface area contributed by atoms with Gasteiger partial charge in [0.1, 0.15) is 5.75 Å².